The number of hydrogen-bond donors (Lipinski definition) is 3. The maximum atomic E-state index is 12.0. The Kier molecular flexibility index (Phi) is 7.15. The molecule has 1 aromatic carbocycles. The van der Waals surface area contributed by atoms with Crippen molar-refractivity contribution in [3.63, 3.8) is 0 Å². The predicted molar refractivity (Wildman–Crippen MR) is 80.4 cm³/mol. The van der Waals surface area contributed by atoms with E-state index in [4.69, 9.17) is 11.5 Å². The summed E-state index contributed by atoms with van der Waals surface area (Å²) in [4.78, 5) is 11.2. The summed E-state index contributed by atoms with van der Waals surface area (Å²) in [7, 11) is -3.64. The number of halogens is 1. The summed E-state index contributed by atoms with van der Waals surface area (Å²) in [5.74, 6) is -0.648. The van der Waals surface area contributed by atoms with Crippen molar-refractivity contribution < 1.29 is 13.2 Å². The van der Waals surface area contributed by atoms with Crippen LogP contribution in [0.3, 0.4) is 0 Å². The first-order chi connectivity index (χ1) is 8.74. The molecule has 0 heterocycles. The molecule has 1 atom stereocenters. The number of nitrogens with two attached hydrogens (primary N) is 2. The summed E-state index contributed by atoms with van der Waals surface area (Å²) in [6.07, 6.45) is 0.535. The van der Waals surface area contributed by atoms with E-state index < -0.39 is 15.9 Å². The number of rotatable bonds is 6. The average Bonchev–Trinajstić information content (AvgIpc) is 2.27. The molecule has 8 heteroatoms. The second kappa shape index (κ2) is 7.58. The van der Waals surface area contributed by atoms with Gasteiger partial charge in [0.15, 0.2) is 0 Å². The third-order valence-electron chi connectivity index (χ3n) is 2.68. The largest absolute Gasteiger partial charge is 0.366 e. The third kappa shape index (κ3) is 5.09. The third-order valence-corrected chi connectivity index (χ3v) is 4.14. The molecule has 0 aliphatic rings. The van der Waals surface area contributed by atoms with E-state index in [1.54, 1.807) is 19.9 Å². The summed E-state index contributed by atoms with van der Waals surface area (Å²) in [5.41, 5.74) is 11.6. The molecule has 0 saturated heterocycles. The van der Waals surface area contributed by atoms with Crippen molar-refractivity contribution in [2.45, 2.75) is 31.2 Å². The predicted octanol–water partition coefficient (Wildman–Crippen LogP) is 0.531. The fourth-order valence-corrected chi connectivity index (χ4v) is 2.61. The average molecular weight is 322 g/mol. The number of nitrogens with one attached hydrogen (secondary N) is 1. The van der Waals surface area contributed by atoms with Gasteiger partial charge in [0.05, 0.1) is 4.90 Å². The van der Waals surface area contributed by atoms with Crippen LogP contribution in [0.5, 0.6) is 0 Å². The SMILES string of the molecule is Cc1ccc(S(=O)(=O)NCCC(C)N)cc1C(N)=O.Cl. The molecule has 0 bridgehead atoms. The summed E-state index contributed by atoms with van der Waals surface area (Å²) >= 11 is 0. The van der Waals surface area contributed by atoms with Gasteiger partial charge in [-0.1, -0.05) is 6.07 Å². The lowest BCUT2D eigenvalue weighted by Gasteiger charge is -2.10. The molecule has 1 unspecified atom stereocenters. The highest BCUT2D eigenvalue weighted by molar-refractivity contribution is 7.89. The van der Waals surface area contributed by atoms with Crippen molar-refractivity contribution in [2.24, 2.45) is 11.5 Å². The highest BCUT2D eigenvalue weighted by Gasteiger charge is 2.16. The normalized spacial score (nSPS) is 12.6. The Hall–Kier alpha value is -1.15. The minimum Gasteiger partial charge on any atom is -0.366 e. The highest BCUT2D eigenvalue weighted by atomic mass is 35.5. The van der Waals surface area contributed by atoms with Gasteiger partial charge in [-0.2, -0.15) is 0 Å². The lowest BCUT2D eigenvalue weighted by Crippen LogP contribution is -2.29. The van der Waals surface area contributed by atoms with E-state index >= 15 is 0 Å². The maximum absolute atomic E-state index is 12.0. The molecular weight excluding hydrogens is 302 g/mol. The molecule has 0 spiro atoms. The zero-order chi connectivity index (χ0) is 14.6. The van der Waals surface area contributed by atoms with Gasteiger partial charge in [-0.15, -0.1) is 12.4 Å². The molecule has 0 aliphatic heterocycles. The van der Waals surface area contributed by atoms with Crippen LogP contribution in [0.2, 0.25) is 0 Å². The molecular formula is C12H20ClN3O3S. The van der Waals surface area contributed by atoms with Crippen molar-refractivity contribution in [2.75, 3.05) is 6.54 Å². The van der Waals surface area contributed by atoms with Gasteiger partial charge in [0, 0.05) is 18.2 Å². The molecule has 1 aromatic rings. The van der Waals surface area contributed by atoms with Gasteiger partial charge < -0.3 is 11.5 Å². The van der Waals surface area contributed by atoms with E-state index in [-0.39, 0.29) is 35.5 Å². The van der Waals surface area contributed by atoms with Crippen LogP contribution in [-0.4, -0.2) is 26.9 Å². The van der Waals surface area contributed by atoms with E-state index in [0.717, 1.165) is 0 Å². The monoisotopic (exact) mass is 321 g/mol. The van der Waals surface area contributed by atoms with E-state index in [1.807, 2.05) is 0 Å². The first kappa shape index (κ1) is 18.9. The molecule has 6 nitrogen and oxygen atoms in total. The zero-order valence-electron chi connectivity index (χ0n) is 11.4. The molecule has 1 rings (SSSR count). The van der Waals surface area contributed by atoms with Crippen LogP contribution in [0.4, 0.5) is 0 Å². The molecule has 0 radical (unpaired) electrons. The van der Waals surface area contributed by atoms with E-state index in [0.29, 0.717) is 12.0 Å². The van der Waals surface area contributed by atoms with Crippen LogP contribution in [0, 0.1) is 6.92 Å². The van der Waals surface area contributed by atoms with E-state index in [2.05, 4.69) is 4.72 Å². The number of amides is 1. The number of aryl methyl sites for hydroxylation is 1. The number of carbonyl (C=O) groups is 1. The number of hydrogen-bond acceptors (Lipinski definition) is 4. The first-order valence-electron chi connectivity index (χ1n) is 5.89. The standard InChI is InChI=1S/C12H19N3O3S.ClH/c1-8-3-4-10(7-11(8)12(14)16)19(17,18)15-6-5-9(2)13;/h3-4,7,9,15H,5-6,13H2,1-2H3,(H2,14,16);1H. The fourth-order valence-electron chi connectivity index (χ4n) is 1.54. The Morgan fingerprint density at radius 1 is 1.40 bits per heavy atom. The summed E-state index contributed by atoms with van der Waals surface area (Å²) in [5, 5.41) is 0. The lowest BCUT2D eigenvalue weighted by atomic mass is 10.1. The van der Waals surface area contributed by atoms with E-state index in [1.165, 1.54) is 12.1 Å². The number of benzene rings is 1. The summed E-state index contributed by atoms with van der Waals surface area (Å²) in [6.45, 7) is 3.74. The molecule has 0 fully saturated rings. The number of sulfonamides is 1. The molecule has 0 saturated carbocycles. The molecule has 1 amide bonds. The van der Waals surface area contributed by atoms with Crippen LogP contribution in [0.25, 0.3) is 0 Å². The van der Waals surface area contributed by atoms with Crippen LogP contribution >= 0.6 is 12.4 Å². The first-order valence-corrected chi connectivity index (χ1v) is 7.38. The van der Waals surface area contributed by atoms with Crippen molar-refractivity contribution in [1.29, 1.82) is 0 Å². The summed E-state index contributed by atoms with van der Waals surface area (Å²) < 4.78 is 26.4. The van der Waals surface area contributed by atoms with Crippen molar-refractivity contribution in [1.82, 2.24) is 4.72 Å². The van der Waals surface area contributed by atoms with Gasteiger partial charge in [0.1, 0.15) is 0 Å². The molecule has 5 N–H and O–H groups in total. The Bertz CT molecular complexity index is 573. The quantitative estimate of drug-likeness (QED) is 0.708. The molecule has 0 aliphatic carbocycles. The highest BCUT2D eigenvalue weighted by Crippen LogP contribution is 2.15. The minimum absolute atomic E-state index is 0. The van der Waals surface area contributed by atoms with Crippen molar-refractivity contribution in [3.05, 3.63) is 29.3 Å². The second-order valence-electron chi connectivity index (χ2n) is 4.50. The fraction of sp³-hybridized carbons (Fsp3) is 0.417. The second-order valence-corrected chi connectivity index (χ2v) is 6.27. The smallest absolute Gasteiger partial charge is 0.249 e. The molecule has 0 aromatic heterocycles. The number of carbonyl (C=O) groups excluding carboxylic acids is 1. The lowest BCUT2D eigenvalue weighted by molar-refractivity contribution is 0.0999. The zero-order valence-corrected chi connectivity index (χ0v) is 13.1. The van der Waals surface area contributed by atoms with E-state index in [9.17, 15) is 13.2 Å². The van der Waals surface area contributed by atoms with Gasteiger partial charge >= 0.3 is 0 Å². The Labute approximate surface area is 125 Å². The molecule has 20 heavy (non-hydrogen) atoms. The van der Waals surface area contributed by atoms with Crippen LogP contribution in [-0.2, 0) is 10.0 Å². The van der Waals surface area contributed by atoms with Gasteiger partial charge in [-0.25, -0.2) is 13.1 Å². The Morgan fingerprint density at radius 2 is 2.00 bits per heavy atom. The Balaban J connectivity index is 0.00000361. The van der Waals surface area contributed by atoms with Crippen molar-refractivity contribution in [3.8, 4) is 0 Å². The maximum Gasteiger partial charge on any atom is 0.249 e. The van der Waals surface area contributed by atoms with Gasteiger partial charge in [0.2, 0.25) is 15.9 Å². The molecule has 114 valence electrons. The van der Waals surface area contributed by atoms with Gasteiger partial charge in [0.25, 0.3) is 0 Å². The minimum atomic E-state index is -3.64. The van der Waals surface area contributed by atoms with Gasteiger partial charge in [-0.3, -0.25) is 4.79 Å². The van der Waals surface area contributed by atoms with Crippen LogP contribution in [0.15, 0.2) is 23.1 Å². The van der Waals surface area contributed by atoms with Crippen LogP contribution < -0.4 is 16.2 Å². The van der Waals surface area contributed by atoms with Crippen molar-refractivity contribution >= 4 is 28.3 Å². The Morgan fingerprint density at radius 3 is 2.50 bits per heavy atom. The van der Waals surface area contributed by atoms with Crippen LogP contribution in [0.1, 0.15) is 29.3 Å². The topological polar surface area (TPSA) is 115 Å². The van der Waals surface area contributed by atoms with Gasteiger partial charge in [-0.05, 0) is 38.0 Å². The summed E-state index contributed by atoms with van der Waals surface area (Å²) in [6, 6.07) is 4.20. The number of primary amides is 1.